The molecule has 0 aliphatic rings. The van der Waals surface area contributed by atoms with Crippen molar-refractivity contribution < 1.29 is 14.3 Å². The summed E-state index contributed by atoms with van der Waals surface area (Å²) < 4.78 is 6.33. The second-order valence-electron chi connectivity index (χ2n) is 4.09. The van der Waals surface area contributed by atoms with Crippen molar-refractivity contribution in [1.82, 2.24) is 10.3 Å². The lowest BCUT2D eigenvalue weighted by Gasteiger charge is -1.98. The van der Waals surface area contributed by atoms with Crippen LogP contribution in [0.2, 0.25) is 0 Å². The molecule has 0 unspecified atom stereocenters. The minimum absolute atomic E-state index is 0.430. The van der Waals surface area contributed by atoms with Crippen LogP contribution in [-0.4, -0.2) is 10.3 Å². The predicted octanol–water partition coefficient (Wildman–Crippen LogP) is 1.15. The van der Waals surface area contributed by atoms with Gasteiger partial charge in [0.1, 0.15) is 0 Å². The van der Waals surface area contributed by atoms with E-state index in [1.807, 2.05) is 42.5 Å². The van der Waals surface area contributed by atoms with E-state index in [0.717, 1.165) is 11.1 Å². The average Bonchev–Trinajstić information content (AvgIpc) is 2.82. The van der Waals surface area contributed by atoms with E-state index >= 15 is 0 Å². The molecule has 5 heteroatoms. The molecular weight excluding hydrogens is 242 g/mol. The van der Waals surface area contributed by atoms with E-state index in [1.165, 1.54) is 0 Å². The van der Waals surface area contributed by atoms with E-state index in [1.54, 1.807) is 17.1 Å². The van der Waals surface area contributed by atoms with Gasteiger partial charge in [-0.15, -0.1) is 0 Å². The third kappa shape index (κ3) is 2.30. The fourth-order valence-electron chi connectivity index (χ4n) is 1.91. The highest BCUT2D eigenvalue weighted by Gasteiger charge is 2.19. The Balaban J connectivity index is 2.00. The molecule has 5 nitrogen and oxygen atoms in total. The Bertz CT molecular complexity index is 666. The highest BCUT2D eigenvalue weighted by molar-refractivity contribution is 5.59. The lowest BCUT2D eigenvalue weighted by Crippen LogP contribution is -2.38. The van der Waals surface area contributed by atoms with Crippen molar-refractivity contribution in [3.63, 3.8) is 0 Å². The Morgan fingerprint density at radius 1 is 1.05 bits per heavy atom. The van der Waals surface area contributed by atoms with Crippen LogP contribution in [0.15, 0.2) is 59.4 Å². The lowest BCUT2D eigenvalue weighted by molar-refractivity contribution is -0.745. The van der Waals surface area contributed by atoms with Gasteiger partial charge in [0.2, 0.25) is 6.54 Å². The first kappa shape index (κ1) is 11.4. The Hall–Kier alpha value is -2.69. The first-order valence-corrected chi connectivity index (χ1v) is 5.86. The molecule has 3 rings (SSSR count). The number of pyridine rings is 1. The molecule has 19 heavy (non-hydrogen) atoms. The van der Waals surface area contributed by atoms with Crippen LogP contribution in [0.5, 0.6) is 5.95 Å². The van der Waals surface area contributed by atoms with Crippen LogP contribution < -0.4 is 9.79 Å². The fraction of sp³-hybridized carbons (Fsp3) is 0.0714. The summed E-state index contributed by atoms with van der Waals surface area (Å²) in [5.41, 5.74) is 2.26. The summed E-state index contributed by atoms with van der Waals surface area (Å²) in [5, 5.41) is 15.6. The Morgan fingerprint density at radius 2 is 1.79 bits per heavy atom. The first-order chi connectivity index (χ1) is 9.34. The van der Waals surface area contributed by atoms with E-state index in [0.29, 0.717) is 12.2 Å². The van der Waals surface area contributed by atoms with E-state index < -0.39 is 5.95 Å². The van der Waals surface area contributed by atoms with E-state index in [-0.39, 0.29) is 0 Å². The molecule has 0 saturated heterocycles. The van der Waals surface area contributed by atoms with Gasteiger partial charge in [0.25, 0.3) is 5.69 Å². The van der Waals surface area contributed by atoms with Crippen molar-refractivity contribution in [2.45, 2.75) is 6.54 Å². The van der Waals surface area contributed by atoms with E-state index in [4.69, 9.17) is 4.52 Å². The maximum absolute atomic E-state index is 11.8. The normalized spacial score (nSPS) is 10.5. The SMILES string of the molecule is [O-]c1on[n+](Cc2ccncc2)c1-c1ccccc1. The maximum Gasteiger partial charge on any atom is 0.264 e. The molecule has 0 radical (unpaired) electrons. The zero-order valence-electron chi connectivity index (χ0n) is 10.1. The van der Waals surface area contributed by atoms with Gasteiger partial charge in [0.15, 0.2) is 5.95 Å². The van der Waals surface area contributed by atoms with Gasteiger partial charge in [0.05, 0.1) is 10.8 Å². The molecule has 2 heterocycles. The summed E-state index contributed by atoms with van der Waals surface area (Å²) in [6.45, 7) is 0.471. The zero-order chi connectivity index (χ0) is 13.1. The fourth-order valence-corrected chi connectivity index (χ4v) is 1.91. The highest BCUT2D eigenvalue weighted by atomic mass is 16.6. The predicted molar refractivity (Wildman–Crippen MR) is 64.9 cm³/mol. The van der Waals surface area contributed by atoms with Crippen LogP contribution in [-0.2, 0) is 6.54 Å². The summed E-state index contributed by atoms with van der Waals surface area (Å²) >= 11 is 0. The van der Waals surface area contributed by atoms with Crippen LogP contribution in [0.25, 0.3) is 11.3 Å². The van der Waals surface area contributed by atoms with Gasteiger partial charge >= 0.3 is 0 Å². The molecule has 0 N–H and O–H groups in total. The Kier molecular flexibility index (Phi) is 2.94. The maximum atomic E-state index is 11.8. The van der Waals surface area contributed by atoms with Gasteiger partial charge in [-0.25, -0.2) is 0 Å². The molecule has 1 aromatic carbocycles. The summed E-state index contributed by atoms with van der Waals surface area (Å²) in [7, 11) is 0. The molecule has 2 aromatic heterocycles. The van der Waals surface area contributed by atoms with Crippen molar-refractivity contribution >= 4 is 0 Å². The van der Waals surface area contributed by atoms with Crippen molar-refractivity contribution in [3.8, 4) is 17.2 Å². The zero-order valence-corrected chi connectivity index (χ0v) is 10.1. The van der Waals surface area contributed by atoms with E-state index in [2.05, 4.69) is 10.3 Å². The van der Waals surface area contributed by atoms with Crippen molar-refractivity contribution in [2.24, 2.45) is 0 Å². The summed E-state index contributed by atoms with van der Waals surface area (Å²) in [5.74, 6) is -0.430. The van der Waals surface area contributed by atoms with Gasteiger partial charge in [-0.3, -0.25) is 4.98 Å². The van der Waals surface area contributed by atoms with E-state index in [9.17, 15) is 5.11 Å². The topological polar surface area (TPSA) is 65.9 Å². The minimum Gasteiger partial charge on any atom is -0.539 e. The third-order valence-electron chi connectivity index (χ3n) is 2.80. The number of benzene rings is 1. The molecule has 0 aliphatic carbocycles. The summed E-state index contributed by atoms with van der Waals surface area (Å²) in [6, 6.07) is 13.1. The standard InChI is InChI=1S/C14H11N3O2/c18-14-13(12-4-2-1-3-5-12)17(16-19-14)10-11-6-8-15-9-7-11/h1-9H,10H2. The van der Waals surface area contributed by atoms with Crippen molar-refractivity contribution in [2.75, 3.05) is 0 Å². The molecule has 3 aromatic rings. The second-order valence-corrected chi connectivity index (χ2v) is 4.09. The molecule has 0 bridgehead atoms. The van der Waals surface area contributed by atoms with Crippen molar-refractivity contribution in [3.05, 3.63) is 60.4 Å². The molecular formula is C14H11N3O2. The minimum atomic E-state index is -0.430. The number of aromatic nitrogens is 3. The Labute approximate surface area is 109 Å². The molecule has 0 atom stereocenters. The van der Waals surface area contributed by atoms with Gasteiger partial charge in [-0.1, -0.05) is 22.9 Å². The van der Waals surface area contributed by atoms with Gasteiger partial charge < -0.3 is 9.63 Å². The Morgan fingerprint density at radius 3 is 2.53 bits per heavy atom. The smallest absolute Gasteiger partial charge is 0.264 e. The highest BCUT2D eigenvalue weighted by Crippen LogP contribution is 2.22. The van der Waals surface area contributed by atoms with Gasteiger partial charge in [-0.05, 0) is 24.3 Å². The molecule has 94 valence electrons. The molecule has 0 aliphatic heterocycles. The molecule has 0 saturated carbocycles. The summed E-state index contributed by atoms with van der Waals surface area (Å²) in [4.78, 5) is 3.96. The second kappa shape index (κ2) is 4.89. The quantitative estimate of drug-likeness (QED) is 0.657. The average molecular weight is 253 g/mol. The molecule has 0 fully saturated rings. The first-order valence-electron chi connectivity index (χ1n) is 5.86. The largest absolute Gasteiger partial charge is 0.539 e. The molecule has 0 amide bonds. The van der Waals surface area contributed by atoms with Crippen molar-refractivity contribution in [1.29, 1.82) is 0 Å². The van der Waals surface area contributed by atoms with Gasteiger partial charge in [0, 0.05) is 18.0 Å². The summed E-state index contributed by atoms with van der Waals surface area (Å²) in [6.07, 6.45) is 3.41. The monoisotopic (exact) mass is 253 g/mol. The molecule has 0 spiro atoms. The van der Waals surface area contributed by atoms with Crippen LogP contribution in [0.4, 0.5) is 0 Å². The van der Waals surface area contributed by atoms with Crippen LogP contribution in [0, 0.1) is 0 Å². The number of hydrogen-bond donors (Lipinski definition) is 0. The number of nitrogens with zero attached hydrogens (tertiary/aromatic N) is 3. The van der Waals surface area contributed by atoms with Crippen LogP contribution in [0.1, 0.15) is 5.56 Å². The van der Waals surface area contributed by atoms with Crippen LogP contribution in [0.3, 0.4) is 0 Å². The lowest BCUT2D eigenvalue weighted by atomic mass is 10.1. The number of rotatable bonds is 3. The van der Waals surface area contributed by atoms with Crippen LogP contribution >= 0.6 is 0 Å². The third-order valence-corrected chi connectivity index (χ3v) is 2.80. The number of hydrogen-bond acceptors (Lipinski definition) is 4. The van der Waals surface area contributed by atoms with Gasteiger partial charge in [-0.2, -0.15) is 0 Å².